The van der Waals surface area contributed by atoms with E-state index in [1.807, 2.05) is 79.9 Å². The number of hydrogen-bond acceptors (Lipinski definition) is 8. The standard InChI is InChI=1S/C15H25NO2.C13H17N3O2.C13H10N2OS/c1-3-4-5-6-7-8-12-11-13(12)14(17)16-18-15(2)9-10-15;14-13(18)11-7-4-8-16(11)12(17)9-15-10-5-2-1-3-6-10;1-8-4-5-9-10(7-8)14-12(13(16)15-9)11-3-2-6-17-11/h7-8,12-13H,3-6,9-11H2,1-2H3,(H,16,17);1-3,5-6,11,15H,4,7-9H2,(H2,14,18);2-7H,1H3,(H,15,16)/b8-7-;;. The highest BCUT2D eigenvalue weighted by atomic mass is 32.1. The molecule has 5 N–H and O–H groups in total. The Bertz CT molecular complexity index is 1910. The SMILES string of the molecule is CCCCC/C=C\C1CC1C(=O)NOC1(C)CC1.Cc1ccc2[nH]c(=O)c(-c3cccs3)nc2c1.NC(=O)C1CCCN1C(=O)CNc1ccccc1. The van der Waals surface area contributed by atoms with Crippen molar-refractivity contribution in [2.45, 2.75) is 90.2 Å². The molecule has 2 aliphatic carbocycles. The lowest BCUT2D eigenvalue weighted by atomic mass is 10.2. The molecule has 0 bridgehead atoms. The molecule has 3 atom stereocenters. The third-order valence-corrected chi connectivity index (χ3v) is 10.5. The van der Waals surface area contributed by atoms with E-state index in [1.54, 1.807) is 4.90 Å². The Balaban J connectivity index is 0.000000153. The van der Waals surface area contributed by atoms with Crippen molar-refractivity contribution >= 4 is 45.8 Å². The van der Waals surface area contributed by atoms with Gasteiger partial charge in [0.05, 0.1) is 28.1 Å². The van der Waals surface area contributed by atoms with Crippen LogP contribution in [-0.2, 0) is 19.2 Å². The molecule has 4 aromatic rings. The summed E-state index contributed by atoms with van der Waals surface area (Å²) in [5.74, 6) is 0.157. The van der Waals surface area contributed by atoms with Crippen LogP contribution in [0.15, 0.2) is 83.0 Å². The highest BCUT2D eigenvalue weighted by Gasteiger charge is 2.44. The van der Waals surface area contributed by atoms with Crippen molar-refractivity contribution in [1.29, 1.82) is 0 Å². The average Bonchev–Trinajstić information content (AvgIpc) is 3.92. The number of unbranched alkanes of at least 4 members (excludes halogenated alkanes) is 3. The van der Waals surface area contributed by atoms with Gasteiger partial charge in [0.15, 0.2) is 0 Å². The molecule has 12 heteroatoms. The summed E-state index contributed by atoms with van der Waals surface area (Å²) in [6, 6.07) is 18.7. The first kappa shape index (κ1) is 39.4. The summed E-state index contributed by atoms with van der Waals surface area (Å²) in [4.78, 5) is 62.0. The van der Waals surface area contributed by atoms with Gasteiger partial charge in [-0.25, -0.2) is 10.5 Å². The normalized spacial score (nSPS) is 19.5. The molecule has 7 rings (SSSR count). The Hall–Kier alpha value is -4.81. The van der Waals surface area contributed by atoms with Gasteiger partial charge in [-0.3, -0.25) is 24.0 Å². The van der Waals surface area contributed by atoms with Gasteiger partial charge >= 0.3 is 0 Å². The zero-order chi connectivity index (χ0) is 37.8. The predicted octanol–water partition coefficient (Wildman–Crippen LogP) is 6.89. The second-order valence-electron chi connectivity index (χ2n) is 14.2. The Kier molecular flexibility index (Phi) is 14.0. The Morgan fingerprint density at radius 2 is 1.91 bits per heavy atom. The number of hydroxylamine groups is 1. The fourth-order valence-electron chi connectivity index (χ4n) is 6.01. The Morgan fingerprint density at radius 1 is 1.11 bits per heavy atom. The number of aryl methyl sites for hydroxylation is 1. The van der Waals surface area contributed by atoms with Gasteiger partial charge in [0.1, 0.15) is 11.7 Å². The maximum absolute atomic E-state index is 12.0. The molecule has 3 aliphatic rings. The highest BCUT2D eigenvalue weighted by Crippen LogP contribution is 2.41. The topological polar surface area (TPSA) is 160 Å². The number of H-pyrrole nitrogens is 1. The fourth-order valence-corrected chi connectivity index (χ4v) is 6.72. The molecule has 3 unspecified atom stereocenters. The summed E-state index contributed by atoms with van der Waals surface area (Å²) >= 11 is 1.52. The van der Waals surface area contributed by atoms with Crippen molar-refractivity contribution < 1.29 is 19.2 Å². The third-order valence-electron chi connectivity index (χ3n) is 9.61. The van der Waals surface area contributed by atoms with Crippen LogP contribution >= 0.6 is 11.3 Å². The number of allylic oxidation sites excluding steroid dienone is 2. The van der Waals surface area contributed by atoms with Crippen LogP contribution in [0.3, 0.4) is 0 Å². The molecule has 3 amide bonds. The molecular formula is C41H52N6O5S. The average molecular weight is 741 g/mol. The molecule has 0 radical (unpaired) electrons. The number of para-hydroxylation sites is 1. The lowest BCUT2D eigenvalue weighted by Crippen LogP contribution is -2.45. The number of carbonyl (C=O) groups is 3. The number of nitrogens with one attached hydrogen (secondary N) is 3. The van der Waals surface area contributed by atoms with Gasteiger partial charge < -0.3 is 20.9 Å². The first-order chi connectivity index (χ1) is 25.6. The van der Waals surface area contributed by atoms with E-state index in [0.717, 1.165) is 59.3 Å². The molecule has 1 saturated heterocycles. The monoisotopic (exact) mass is 740 g/mol. The van der Waals surface area contributed by atoms with Crippen molar-refractivity contribution in [1.82, 2.24) is 20.3 Å². The van der Waals surface area contributed by atoms with Crippen LogP contribution in [0.1, 0.15) is 77.2 Å². The number of nitrogens with two attached hydrogens (primary N) is 1. The molecule has 53 heavy (non-hydrogen) atoms. The van der Waals surface area contributed by atoms with Crippen molar-refractivity contribution in [3.8, 4) is 10.6 Å². The lowest BCUT2D eigenvalue weighted by Gasteiger charge is -2.22. The van der Waals surface area contributed by atoms with Crippen LogP contribution in [0.4, 0.5) is 5.69 Å². The summed E-state index contributed by atoms with van der Waals surface area (Å²) in [5, 5.41) is 4.98. The van der Waals surface area contributed by atoms with Crippen molar-refractivity contribution in [3.05, 3.63) is 94.1 Å². The summed E-state index contributed by atoms with van der Waals surface area (Å²) in [7, 11) is 0. The van der Waals surface area contributed by atoms with E-state index < -0.39 is 11.9 Å². The van der Waals surface area contributed by atoms with Crippen molar-refractivity contribution in [2.24, 2.45) is 17.6 Å². The van der Waals surface area contributed by atoms with Gasteiger partial charge in [0, 0.05) is 18.2 Å². The van der Waals surface area contributed by atoms with Crippen molar-refractivity contribution in [2.75, 3.05) is 18.4 Å². The second-order valence-corrected chi connectivity index (χ2v) is 15.2. The molecule has 2 saturated carbocycles. The van der Waals surface area contributed by atoms with E-state index in [2.05, 4.69) is 39.8 Å². The zero-order valence-corrected chi connectivity index (χ0v) is 31.8. The summed E-state index contributed by atoms with van der Waals surface area (Å²) in [6.45, 7) is 7.06. The zero-order valence-electron chi connectivity index (χ0n) is 30.9. The van der Waals surface area contributed by atoms with Crippen LogP contribution in [-0.4, -0.2) is 57.3 Å². The molecular weight excluding hydrogens is 689 g/mol. The molecule has 2 aromatic carbocycles. The summed E-state index contributed by atoms with van der Waals surface area (Å²) in [6.07, 6.45) is 14.0. The molecule has 3 fully saturated rings. The van der Waals surface area contributed by atoms with E-state index in [0.29, 0.717) is 24.6 Å². The largest absolute Gasteiger partial charge is 0.376 e. The van der Waals surface area contributed by atoms with Gasteiger partial charge in [-0.05, 0) is 106 Å². The third kappa shape index (κ3) is 11.8. The summed E-state index contributed by atoms with van der Waals surface area (Å²) in [5.41, 5.74) is 11.8. The van der Waals surface area contributed by atoms with Gasteiger partial charge in [-0.15, -0.1) is 11.3 Å². The van der Waals surface area contributed by atoms with Gasteiger partial charge in [0.25, 0.3) is 5.56 Å². The van der Waals surface area contributed by atoms with Gasteiger partial charge in [-0.1, -0.05) is 62.2 Å². The van der Waals surface area contributed by atoms with Crippen molar-refractivity contribution in [3.63, 3.8) is 0 Å². The number of anilines is 1. The first-order valence-electron chi connectivity index (χ1n) is 18.6. The molecule has 11 nitrogen and oxygen atoms in total. The number of nitrogens with zero attached hydrogens (tertiary/aromatic N) is 2. The van der Waals surface area contributed by atoms with E-state index in [9.17, 15) is 19.2 Å². The van der Waals surface area contributed by atoms with E-state index in [-0.39, 0.29) is 35.4 Å². The number of rotatable bonds is 13. The molecule has 2 aromatic heterocycles. The maximum Gasteiger partial charge on any atom is 0.275 e. The summed E-state index contributed by atoms with van der Waals surface area (Å²) < 4.78 is 0. The fraction of sp³-hybridized carbons (Fsp3) is 0.439. The molecule has 1 aliphatic heterocycles. The predicted molar refractivity (Wildman–Crippen MR) is 211 cm³/mol. The number of aromatic amines is 1. The minimum atomic E-state index is -0.435. The highest BCUT2D eigenvalue weighted by molar-refractivity contribution is 7.13. The molecule has 282 valence electrons. The number of carbonyl (C=O) groups excluding carboxylic acids is 3. The molecule has 0 spiro atoms. The number of thiophene rings is 1. The van der Waals surface area contributed by atoms with E-state index in [1.165, 1.54) is 30.6 Å². The van der Waals surface area contributed by atoms with Gasteiger partial charge in [-0.2, -0.15) is 0 Å². The number of fused-ring (bicyclic) bond motifs is 1. The number of benzene rings is 2. The number of likely N-dealkylation sites (tertiary alicyclic amines) is 1. The van der Waals surface area contributed by atoms with Crippen LogP contribution < -0.4 is 22.1 Å². The number of primary amides is 1. The quantitative estimate of drug-likeness (QED) is 0.0660. The van der Waals surface area contributed by atoms with Crippen LogP contribution in [0.25, 0.3) is 21.6 Å². The van der Waals surface area contributed by atoms with Crippen LogP contribution in [0, 0.1) is 18.8 Å². The lowest BCUT2D eigenvalue weighted by molar-refractivity contribution is -0.141. The molecule has 3 heterocycles. The Labute approximate surface area is 315 Å². The minimum absolute atomic E-state index is 0.0614. The van der Waals surface area contributed by atoms with Crippen LogP contribution in [0.2, 0.25) is 0 Å². The minimum Gasteiger partial charge on any atom is -0.376 e. The van der Waals surface area contributed by atoms with Gasteiger partial charge in [0.2, 0.25) is 17.7 Å². The number of amides is 3. The van der Waals surface area contributed by atoms with E-state index >= 15 is 0 Å². The Morgan fingerprint density at radius 3 is 2.60 bits per heavy atom. The number of hydrogen-bond donors (Lipinski definition) is 4. The smallest absolute Gasteiger partial charge is 0.275 e. The van der Waals surface area contributed by atoms with Crippen LogP contribution in [0.5, 0.6) is 0 Å². The number of aromatic nitrogens is 2. The van der Waals surface area contributed by atoms with E-state index in [4.69, 9.17) is 10.6 Å². The maximum atomic E-state index is 12.0. The second kappa shape index (κ2) is 18.8. The first-order valence-corrected chi connectivity index (χ1v) is 19.5.